The van der Waals surface area contributed by atoms with E-state index in [2.05, 4.69) is 37.1 Å². The normalized spacial score (nSPS) is 27.5. The molecule has 2 nitrogen and oxygen atoms in total. The Morgan fingerprint density at radius 2 is 2.12 bits per heavy atom. The predicted molar refractivity (Wildman–Crippen MR) is 68.9 cm³/mol. The molecule has 3 rings (SSSR count). The molecule has 1 saturated carbocycles. The van der Waals surface area contributed by atoms with Gasteiger partial charge in [0.05, 0.1) is 11.6 Å². The summed E-state index contributed by atoms with van der Waals surface area (Å²) in [5, 5.41) is 8.96. The van der Waals surface area contributed by atoms with Crippen LogP contribution in [0.2, 0.25) is 0 Å². The van der Waals surface area contributed by atoms with Crippen LogP contribution in [-0.4, -0.2) is 13.1 Å². The molecule has 0 bridgehead atoms. The first-order valence-corrected chi connectivity index (χ1v) is 6.46. The smallest absolute Gasteiger partial charge is 0.0991 e. The number of nitriles is 1. The van der Waals surface area contributed by atoms with Gasteiger partial charge in [0.25, 0.3) is 0 Å². The monoisotopic (exact) mass is 226 g/mol. The highest BCUT2D eigenvalue weighted by Gasteiger charge is 2.40. The van der Waals surface area contributed by atoms with Crippen molar-refractivity contribution in [3.63, 3.8) is 0 Å². The van der Waals surface area contributed by atoms with Crippen LogP contribution in [0.1, 0.15) is 30.9 Å². The van der Waals surface area contributed by atoms with Crippen LogP contribution in [0.25, 0.3) is 0 Å². The predicted octanol–water partition coefficient (Wildman–Crippen LogP) is 2.97. The van der Waals surface area contributed by atoms with E-state index in [0.29, 0.717) is 12.0 Å². The Morgan fingerprint density at radius 1 is 1.35 bits per heavy atom. The van der Waals surface area contributed by atoms with Crippen molar-refractivity contribution >= 4 is 5.69 Å². The van der Waals surface area contributed by atoms with Crippen LogP contribution in [0.3, 0.4) is 0 Å². The number of hydrogen-bond acceptors (Lipinski definition) is 2. The first-order valence-electron chi connectivity index (χ1n) is 6.46. The third-order valence-electron chi connectivity index (χ3n) is 4.27. The van der Waals surface area contributed by atoms with Crippen LogP contribution < -0.4 is 4.90 Å². The Kier molecular flexibility index (Phi) is 2.36. The summed E-state index contributed by atoms with van der Waals surface area (Å²) in [6.07, 6.45) is 3.91. The van der Waals surface area contributed by atoms with Gasteiger partial charge in [-0.2, -0.15) is 5.26 Å². The third-order valence-corrected chi connectivity index (χ3v) is 4.27. The minimum absolute atomic E-state index is 0.703. The molecule has 1 heterocycles. The molecule has 2 heteroatoms. The molecule has 1 fully saturated rings. The first kappa shape index (κ1) is 10.7. The molecule has 1 aliphatic heterocycles. The summed E-state index contributed by atoms with van der Waals surface area (Å²) >= 11 is 0. The fourth-order valence-corrected chi connectivity index (χ4v) is 3.39. The van der Waals surface area contributed by atoms with Crippen LogP contribution in [-0.2, 0) is 6.42 Å². The molecular weight excluding hydrogens is 208 g/mol. The summed E-state index contributed by atoms with van der Waals surface area (Å²) in [5.74, 6) is 1.60. The molecule has 0 aromatic heterocycles. The van der Waals surface area contributed by atoms with E-state index < -0.39 is 0 Å². The summed E-state index contributed by atoms with van der Waals surface area (Å²) < 4.78 is 0. The fourth-order valence-electron chi connectivity index (χ4n) is 3.39. The maximum atomic E-state index is 8.96. The average Bonchev–Trinajstić information content (AvgIpc) is 3.12. The Labute approximate surface area is 103 Å². The van der Waals surface area contributed by atoms with Crippen molar-refractivity contribution in [1.29, 1.82) is 5.26 Å². The van der Waals surface area contributed by atoms with E-state index in [1.54, 1.807) is 0 Å². The van der Waals surface area contributed by atoms with Gasteiger partial charge in [0.2, 0.25) is 0 Å². The molecule has 0 N–H and O–H groups in total. The summed E-state index contributed by atoms with van der Waals surface area (Å²) in [4.78, 5) is 2.45. The minimum Gasteiger partial charge on any atom is -0.371 e. The highest BCUT2D eigenvalue weighted by molar-refractivity contribution is 5.59. The van der Waals surface area contributed by atoms with Crippen molar-refractivity contribution in [2.45, 2.75) is 32.2 Å². The first-order chi connectivity index (χ1) is 8.20. The largest absolute Gasteiger partial charge is 0.371 e. The topological polar surface area (TPSA) is 27.0 Å². The highest BCUT2D eigenvalue weighted by Crippen LogP contribution is 2.44. The van der Waals surface area contributed by atoms with Crippen LogP contribution in [0.15, 0.2) is 18.2 Å². The molecular formula is C15H18N2. The third kappa shape index (κ3) is 1.70. The van der Waals surface area contributed by atoms with Gasteiger partial charge in [-0.1, -0.05) is 6.92 Å². The Hall–Kier alpha value is -1.49. The standard InChI is InChI=1S/C15H18N2/c1-10-7-13-8-11(9-16)3-6-14(13)17(2)15(10)12-4-5-12/h3,6,8,10,12,15H,4-5,7H2,1-2H3/t10?,15-/m1/s1. The average molecular weight is 226 g/mol. The zero-order chi connectivity index (χ0) is 12.0. The van der Waals surface area contributed by atoms with Crippen molar-refractivity contribution in [2.24, 2.45) is 11.8 Å². The van der Waals surface area contributed by atoms with Crippen molar-refractivity contribution in [3.8, 4) is 6.07 Å². The summed E-state index contributed by atoms with van der Waals surface area (Å²) in [7, 11) is 2.21. The number of anilines is 1. The van der Waals surface area contributed by atoms with Gasteiger partial charge in [-0.25, -0.2) is 0 Å². The van der Waals surface area contributed by atoms with Gasteiger partial charge in [-0.05, 0) is 54.9 Å². The molecule has 1 aliphatic carbocycles. The lowest BCUT2D eigenvalue weighted by Gasteiger charge is -2.40. The van der Waals surface area contributed by atoms with E-state index in [1.807, 2.05) is 6.07 Å². The summed E-state index contributed by atoms with van der Waals surface area (Å²) in [6, 6.07) is 9.06. The minimum atomic E-state index is 0.703. The molecule has 0 spiro atoms. The second kappa shape index (κ2) is 3.77. The number of fused-ring (bicyclic) bond motifs is 1. The number of hydrogen-bond donors (Lipinski definition) is 0. The van der Waals surface area contributed by atoms with Gasteiger partial charge in [0.15, 0.2) is 0 Å². The molecule has 1 aromatic rings. The van der Waals surface area contributed by atoms with Gasteiger partial charge < -0.3 is 4.90 Å². The second-order valence-electron chi connectivity index (χ2n) is 5.58. The van der Waals surface area contributed by atoms with Gasteiger partial charge in [-0.15, -0.1) is 0 Å². The van der Waals surface area contributed by atoms with E-state index in [-0.39, 0.29) is 0 Å². The van der Waals surface area contributed by atoms with Crippen LogP contribution in [0.4, 0.5) is 5.69 Å². The van der Waals surface area contributed by atoms with Crippen LogP contribution in [0.5, 0.6) is 0 Å². The lowest BCUT2D eigenvalue weighted by atomic mass is 9.84. The van der Waals surface area contributed by atoms with E-state index >= 15 is 0 Å². The maximum absolute atomic E-state index is 8.96. The zero-order valence-corrected chi connectivity index (χ0v) is 10.5. The summed E-state index contributed by atoms with van der Waals surface area (Å²) in [6.45, 7) is 2.35. The molecule has 0 amide bonds. The van der Waals surface area contributed by atoms with Gasteiger partial charge in [0.1, 0.15) is 0 Å². The second-order valence-corrected chi connectivity index (χ2v) is 5.58. The zero-order valence-electron chi connectivity index (χ0n) is 10.5. The maximum Gasteiger partial charge on any atom is 0.0991 e. The van der Waals surface area contributed by atoms with Crippen molar-refractivity contribution in [1.82, 2.24) is 0 Å². The highest BCUT2D eigenvalue weighted by atomic mass is 15.2. The molecule has 2 atom stereocenters. The molecule has 0 radical (unpaired) electrons. The number of benzene rings is 1. The number of rotatable bonds is 1. The molecule has 1 aromatic carbocycles. The Balaban J connectivity index is 1.99. The van der Waals surface area contributed by atoms with Crippen molar-refractivity contribution < 1.29 is 0 Å². The van der Waals surface area contributed by atoms with Crippen LogP contribution in [0, 0.1) is 23.2 Å². The molecule has 1 unspecified atom stereocenters. The van der Waals surface area contributed by atoms with Gasteiger partial charge in [0, 0.05) is 18.8 Å². The Morgan fingerprint density at radius 3 is 2.76 bits per heavy atom. The number of nitrogens with zero attached hydrogens (tertiary/aromatic N) is 2. The van der Waals surface area contributed by atoms with E-state index in [4.69, 9.17) is 5.26 Å². The quantitative estimate of drug-likeness (QED) is 0.736. The van der Waals surface area contributed by atoms with E-state index in [9.17, 15) is 0 Å². The molecule has 88 valence electrons. The van der Waals surface area contributed by atoms with Crippen molar-refractivity contribution in [3.05, 3.63) is 29.3 Å². The lowest BCUT2D eigenvalue weighted by molar-refractivity contribution is 0.381. The Bertz CT molecular complexity index is 482. The van der Waals surface area contributed by atoms with Gasteiger partial charge in [-0.3, -0.25) is 0 Å². The lowest BCUT2D eigenvalue weighted by Crippen LogP contribution is -2.43. The van der Waals surface area contributed by atoms with E-state index in [0.717, 1.165) is 17.9 Å². The SMILES string of the molecule is CC1Cc2cc(C#N)ccc2N(C)[C@H]1C1CC1. The summed E-state index contributed by atoms with van der Waals surface area (Å²) in [5.41, 5.74) is 3.46. The van der Waals surface area contributed by atoms with Crippen LogP contribution >= 0.6 is 0 Å². The molecule has 0 saturated heterocycles. The fraction of sp³-hybridized carbons (Fsp3) is 0.533. The van der Waals surface area contributed by atoms with Gasteiger partial charge >= 0.3 is 0 Å². The molecule has 17 heavy (non-hydrogen) atoms. The van der Waals surface area contributed by atoms with Crippen molar-refractivity contribution in [2.75, 3.05) is 11.9 Å². The van der Waals surface area contributed by atoms with E-state index in [1.165, 1.54) is 24.1 Å². The molecule has 2 aliphatic rings.